The van der Waals surface area contributed by atoms with Crippen LogP contribution in [0.25, 0.3) is 0 Å². The monoisotopic (exact) mass is 433 g/mol. The third kappa shape index (κ3) is 2.98. The Balaban J connectivity index is 1.65. The van der Waals surface area contributed by atoms with Crippen LogP contribution in [0.4, 0.5) is 5.69 Å². The Morgan fingerprint density at radius 2 is 1.88 bits per heavy atom. The lowest BCUT2D eigenvalue weighted by molar-refractivity contribution is -0.152. The number of anilines is 1. The molecule has 0 heterocycles. The molecule has 4 aliphatic rings. The highest BCUT2D eigenvalue weighted by atomic mass is 16.3. The van der Waals surface area contributed by atoms with E-state index in [0.29, 0.717) is 36.9 Å². The number of Topliss-reactive ketones (excluding diaryl/α,β-unsaturated/α-hetero) is 2. The number of carbonyl (C=O) groups is 2. The summed E-state index contributed by atoms with van der Waals surface area (Å²) in [5.74, 6) is 1.07. The lowest BCUT2D eigenvalue weighted by Crippen LogP contribution is -2.54. The molecular weight excluding hydrogens is 398 g/mol. The van der Waals surface area contributed by atoms with Crippen LogP contribution in [0.1, 0.15) is 70.3 Å². The van der Waals surface area contributed by atoms with E-state index in [2.05, 4.69) is 42.2 Å². The van der Waals surface area contributed by atoms with Gasteiger partial charge in [0.05, 0.1) is 0 Å². The van der Waals surface area contributed by atoms with Gasteiger partial charge in [-0.1, -0.05) is 30.7 Å². The minimum absolute atomic E-state index is 0.0874. The van der Waals surface area contributed by atoms with Crippen molar-refractivity contribution in [2.45, 2.75) is 70.3 Å². The van der Waals surface area contributed by atoms with E-state index in [4.69, 9.17) is 0 Å². The molecule has 0 amide bonds. The number of hydrogen-bond acceptors (Lipinski definition) is 4. The second-order valence-corrected chi connectivity index (χ2v) is 10.9. The van der Waals surface area contributed by atoms with Gasteiger partial charge in [0, 0.05) is 44.0 Å². The van der Waals surface area contributed by atoms with Crippen LogP contribution in [0.5, 0.6) is 0 Å². The number of fused-ring (bicyclic) bond motifs is 4. The Bertz CT molecular complexity index is 1030. The summed E-state index contributed by atoms with van der Waals surface area (Å²) in [5.41, 5.74) is 4.89. The van der Waals surface area contributed by atoms with Gasteiger partial charge in [-0.15, -0.1) is 0 Å². The highest BCUT2D eigenvalue weighted by Gasteiger charge is 2.64. The zero-order chi connectivity index (χ0) is 22.8. The molecule has 4 nitrogen and oxygen atoms in total. The zero-order valence-electron chi connectivity index (χ0n) is 19.8. The van der Waals surface area contributed by atoms with Crippen molar-refractivity contribution in [3.8, 4) is 0 Å². The quantitative estimate of drug-likeness (QED) is 0.731. The highest BCUT2D eigenvalue weighted by Crippen LogP contribution is 2.66. The van der Waals surface area contributed by atoms with Gasteiger partial charge in [-0.3, -0.25) is 9.59 Å². The minimum Gasteiger partial charge on any atom is -0.382 e. The van der Waals surface area contributed by atoms with Crippen LogP contribution in [-0.2, 0) is 9.59 Å². The lowest BCUT2D eigenvalue weighted by Gasteiger charge is -2.53. The molecule has 1 aromatic rings. The zero-order valence-corrected chi connectivity index (χ0v) is 19.8. The average molecular weight is 434 g/mol. The molecule has 170 valence electrons. The van der Waals surface area contributed by atoms with Gasteiger partial charge < -0.3 is 10.0 Å². The van der Waals surface area contributed by atoms with E-state index in [1.165, 1.54) is 22.3 Å². The summed E-state index contributed by atoms with van der Waals surface area (Å²) in [6, 6.07) is 8.78. The molecule has 1 aromatic carbocycles. The number of benzene rings is 1. The highest BCUT2D eigenvalue weighted by molar-refractivity contribution is 5.87. The molecule has 4 heteroatoms. The normalized spacial score (nSPS) is 36.2. The third-order valence-electron chi connectivity index (χ3n) is 9.26. The number of ketones is 2. The Kier molecular flexibility index (Phi) is 5.01. The summed E-state index contributed by atoms with van der Waals surface area (Å²) in [6.45, 7) is 3.73. The molecule has 0 aromatic heterocycles. The van der Waals surface area contributed by atoms with Crippen molar-refractivity contribution in [1.29, 1.82) is 0 Å². The first-order chi connectivity index (χ1) is 15.2. The fraction of sp³-hybridized carbons (Fsp3) is 0.571. The molecule has 5 atom stereocenters. The summed E-state index contributed by atoms with van der Waals surface area (Å²) < 4.78 is 0. The molecule has 3 fully saturated rings. The van der Waals surface area contributed by atoms with E-state index in [0.717, 1.165) is 31.4 Å². The molecule has 5 rings (SSSR count). The fourth-order valence-corrected chi connectivity index (χ4v) is 7.48. The van der Waals surface area contributed by atoms with Gasteiger partial charge >= 0.3 is 0 Å². The number of nitrogens with zero attached hydrogens (tertiary/aromatic N) is 1. The maximum atomic E-state index is 12.7. The summed E-state index contributed by atoms with van der Waals surface area (Å²) in [6.07, 6.45) is 7.48. The summed E-state index contributed by atoms with van der Waals surface area (Å²) >= 11 is 0. The van der Waals surface area contributed by atoms with Gasteiger partial charge in [-0.2, -0.15) is 0 Å². The van der Waals surface area contributed by atoms with E-state index in [9.17, 15) is 14.7 Å². The van der Waals surface area contributed by atoms with Crippen LogP contribution in [-0.4, -0.2) is 36.4 Å². The van der Waals surface area contributed by atoms with Gasteiger partial charge in [0.1, 0.15) is 11.4 Å². The summed E-state index contributed by atoms with van der Waals surface area (Å²) in [7, 11) is 4.09. The van der Waals surface area contributed by atoms with Crippen LogP contribution < -0.4 is 4.90 Å². The predicted molar refractivity (Wildman–Crippen MR) is 127 cm³/mol. The third-order valence-corrected chi connectivity index (χ3v) is 9.26. The molecular formula is C28H35NO3. The number of rotatable bonds is 3. The van der Waals surface area contributed by atoms with Gasteiger partial charge in [-0.05, 0) is 79.7 Å². The van der Waals surface area contributed by atoms with Crippen molar-refractivity contribution >= 4 is 17.3 Å². The number of hydrogen-bond donors (Lipinski definition) is 1. The van der Waals surface area contributed by atoms with E-state index >= 15 is 0 Å². The molecule has 0 bridgehead atoms. The first kappa shape index (κ1) is 21.6. The van der Waals surface area contributed by atoms with Crippen molar-refractivity contribution in [3.63, 3.8) is 0 Å². The molecule has 3 saturated carbocycles. The van der Waals surface area contributed by atoms with E-state index < -0.39 is 11.0 Å². The van der Waals surface area contributed by atoms with Gasteiger partial charge in [0.25, 0.3) is 0 Å². The largest absolute Gasteiger partial charge is 0.382 e. The van der Waals surface area contributed by atoms with Crippen LogP contribution >= 0.6 is 0 Å². The van der Waals surface area contributed by atoms with Crippen LogP contribution in [0.15, 0.2) is 47.1 Å². The molecule has 0 aliphatic heterocycles. The molecule has 0 spiro atoms. The second kappa shape index (κ2) is 7.41. The predicted octanol–water partition coefficient (Wildman–Crippen LogP) is 4.97. The van der Waals surface area contributed by atoms with E-state index in [1.807, 2.05) is 14.1 Å². The van der Waals surface area contributed by atoms with Crippen LogP contribution in [0, 0.1) is 17.3 Å². The standard InChI is InChI=1S/C28H35NO3/c1-17(30)28(32)14-13-25-23-11-7-19-15-21(31)10-12-22(19)26(23)24(16-27(25,28)2)18-5-8-20(9-6-18)29(3)4/h5-9,23-25,32H,10-16H2,1-4H3/t23?,24?,25?,27-,28-/m0/s1. The van der Waals surface area contributed by atoms with Crippen molar-refractivity contribution < 1.29 is 14.7 Å². The maximum Gasteiger partial charge on any atom is 0.161 e. The Labute approximate surface area is 191 Å². The minimum atomic E-state index is -1.25. The lowest BCUT2D eigenvalue weighted by atomic mass is 9.51. The van der Waals surface area contributed by atoms with Crippen molar-refractivity contribution in [2.75, 3.05) is 19.0 Å². The first-order valence-electron chi connectivity index (χ1n) is 12.1. The van der Waals surface area contributed by atoms with Crippen molar-refractivity contribution in [1.82, 2.24) is 0 Å². The van der Waals surface area contributed by atoms with Crippen molar-refractivity contribution in [3.05, 3.63) is 52.6 Å². The van der Waals surface area contributed by atoms with Crippen LogP contribution in [0.2, 0.25) is 0 Å². The van der Waals surface area contributed by atoms with E-state index in [-0.39, 0.29) is 11.7 Å². The molecule has 4 aliphatic carbocycles. The number of aliphatic hydroxyl groups is 1. The van der Waals surface area contributed by atoms with Crippen molar-refractivity contribution in [2.24, 2.45) is 17.3 Å². The van der Waals surface area contributed by atoms with Gasteiger partial charge in [-0.25, -0.2) is 0 Å². The van der Waals surface area contributed by atoms with Crippen LogP contribution in [0.3, 0.4) is 0 Å². The second-order valence-electron chi connectivity index (χ2n) is 10.9. The summed E-state index contributed by atoms with van der Waals surface area (Å²) in [4.78, 5) is 27.0. The molecule has 1 N–H and O–H groups in total. The fourth-order valence-electron chi connectivity index (χ4n) is 7.48. The maximum absolute atomic E-state index is 12.7. The van der Waals surface area contributed by atoms with Gasteiger partial charge in [0.2, 0.25) is 0 Å². The Morgan fingerprint density at radius 3 is 2.53 bits per heavy atom. The topological polar surface area (TPSA) is 57.6 Å². The van der Waals surface area contributed by atoms with E-state index in [1.54, 1.807) is 6.92 Å². The smallest absolute Gasteiger partial charge is 0.161 e. The molecule has 32 heavy (non-hydrogen) atoms. The average Bonchev–Trinajstić information content (AvgIpc) is 3.04. The Hall–Kier alpha value is -2.20. The first-order valence-corrected chi connectivity index (χ1v) is 12.1. The number of allylic oxidation sites excluding steroid dienone is 4. The SMILES string of the molecule is CC(=O)[C@@]1(O)CCC2C3CC=C4CC(=O)CCC4=C3C(c3ccc(N(C)C)cc3)C[C@@]21C. The Morgan fingerprint density at radius 1 is 1.16 bits per heavy atom. The summed E-state index contributed by atoms with van der Waals surface area (Å²) in [5, 5.41) is 11.6. The van der Waals surface area contributed by atoms with Gasteiger partial charge in [0.15, 0.2) is 5.78 Å². The molecule has 0 saturated heterocycles. The molecule has 3 unspecified atom stereocenters. The molecule has 0 radical (unpaired) electrons. The number of carbonyl (C=O) groups excluding carboxylic acids is 2.